The Morgan fingerprint density at radius 2 is 0.709 bits per heavy atom. The van der Waals surface area contributed by atoms with Crippen LogP contribution in [0.5, 0.6) is 0 Å². The Kier molecular flexibility index (Phi) is 8.12. The number of aromatic nitrogens is 3. The molecule has 258 valence electrons. The molecule has 55 heavy (non-hydrogen) atoms. The number of benzene rings is 8. The predicted octanol–water partition coefficient (Wildman–Crippen LogP) is 13.4. The first-order valence-corrected chi connectivity index (χ1v) is 18.4. The number of nitrogens with zero attached hydrogens (tertiary/aromatic N) is 3. The molecule has 8 aromatic carbocycles. The Labute approximate surface area is 319 Å². The molecular weight excluding hydrogens is 671 g/mol. The minimum absolute atomic E-state index is 0.585. The van der Waals surface area contributed by atoms with Crippen LogP contribution in [0.4, 0.5) is 0 Å². The number of hydrogen-bond donors (Lipinski definition) is 0. The van der Waals surface area contributed by atoms with Gasteiger partial charge in [-0.15, -0.1) is 0 Å². The summed E-state index contributed by atoms with van der Waals surface area (Å²) in [6.07, 6.45) is 0. The molecule has 0 aliphatic heterocycles. The van der Waals surface area contributed by atoms with Gasteiger partial charge in [0.25, 0.3) is 0 Å². The molecule has 0 amide bonds. The van der Waals surface area contributed by atoms with Crippen molar-refractivity contribution in [2.24, 2.45) is 0 Å². The van der Waals surface area contributed by atoms with E-state index < -0.39 is 0 Å². The van der Waals surface area contributed by atoms with Crippen molar-refractivity contribution in [3.8, 4) is 78.7 Å². The first kappa shape index (κ1) is 32.2. The highest BCUT2D eigenvalue weighted by molar-refractivity contribution is 6.17. The number of hydrogen-bond acceptors (Lipinski definition) is 4. The van der Waals surface area contributed by atoms with E-state index in [9.17, 15) is 0 Å². The molecular formula is C51H33N3O. The lowest BCUT2D eigenvalue weighted by Crippen LogP contribution is -2.00. The fraction of sp³-hybridized carbons (Fsp3) is 0. The van der Waals surface area contributed by atoms with Gasteiger partial charge < -0.3 is 4.42 Å². The SMILES string of the molecule is c1ccc(-c2nc(-c3ccccc3)nc(-c3cccc4oc5c(-c6ccccc6-c6ccccc6)cc(-c6ccccc6-c6ccccc6)cc5c34)n2)cc1. The minimum atomic E-state index is 0.585. The Bertz CT molecular complexity index is 2900. The van der Waals surface area contributed by atoms with Crippen molar-refractivity contribution in [3.63, 3.8) is 0 Å². The lowest BCUT2D eigenvalue weighted by molar-refractivity contribution is 0.670. The van der Waals surface area contributed by atoms with Gasteiger partial charge in [0.15, 0.2) is 17.5 Å². The second-order valence-corrected chi connectivity index (χ2v) is 13.5. The summed E-state index contributed by atoms with van der Waals surface area (Å²) in [5, 5.41) is 1.95. The van der Waals surface area contributed by atoms with Crippen LogP contribution in [0.2, 0.25) is 0 Å². The van der Waals surface area contributed by atoms with Gasteiger partial charge in [-0.3, -0.25) is 0 Å². The third kappa shape index (κ3) is 5.96. The quantitative estimate of drug-likeness (QED) is 0.166. The van der Waals surface area contributed by atoms with E-state index in [2.05, 4.69) is 127 Å². The van der Waals surface area contributed by atoms with Gasteiger partial charge in [-0.1, -0.05) is 182 Å². The summed E-state index contributed by atoms with van der Waals surface area (Å²) in [6, 6.07) is 69.3. The van der Waals surface area contributed by atoms with Crippen molar-refractivity contribution in [1.29, 1.82) is 0 Å². The zero-order chi connectivity index (χ0) is 36.6. The highest BCUT2D eigenvalue weighted by atomic mass is 16.3. The van der Waals surface area contributed by atoms with Crippen LogP contribution in [0.3, 0.4) is 0 Å². The van der Waals surface area contributed by atoms with Crippen molar-refractivity contribution >= 4 is 21.9 Å². The highest BCUT2D eigenvalue weighted by Crippen LogP contribution is 2.46. The maximum Gasteiger partial charge on any atom is 0.164 e. The van der Waals surface area contributed by atoms with Crippen LogP contribution < -0.4 is 0 Å². The van der Waals surface area contributed by atoms with Crippen LogP contribution in [-0.4, -0.2) is 15.0 Å². The third-order valence-electron chi connectivity index (χ3n) is 10.2. The monoisotopic (exact) mass is 703 g/mol. The number of furan rings is 1. The van der Waals surface area contributed by atoms with Crippen molar-refractivity contribution in [1.82, 2.24) is 15.0 Å². The summed E-state index contributed by atoms with van der Waals surface area (Å²) in [7, 11) is 0. The first-order valence-electron chi connectivity index (χ1n) is 18.4. The van der Waals surface area contributed by atoms with Gasteiger partial charge in [0.1, 0.15) is 11.2 Å². The molecule has 0 aliphatic carbocycles. The maximum atomic E-state index is 6.96. The average Bonchev–Trinajstić information content (AvgIpc) is 3.66. The fourth-order valence-corrected chi connectivity index (χ4v) is 7.59. The lowest BCUT2D eigenvalue weighted by atomic mass is 9.88. The maximum absolute atomic E-state index is 6.96. The molecule has 0 saturated heterocycles. The van der Waals surface area contributed by atoms with E-state index in [0.29, 0.717) is 17.5 Å². The lowest BCUT2D eigenvalue weighted by Gasteiger charge is -2.15. The molecule has 10 rings (SSSR count). The molecule has 2 aromatic heterocycles. The normalized spacial score (nSPS) is 11.3. The fourth-order valence-electron chi connectivity index (χ4n) is 7.59. The standard InChI is InChI=1S/C51H33N3O/c1-5-18-34(19-6-1)39-26-13-14-28-41(39)38-32-44(42-29-16-15-27-40(42)35-20-7-2-8-21-35)48-45(33-38)47-43(30-17-31-46(47)55-48)51-53-49(36-22-9-3-10-23-36)52-50(54-51)37-24-11-4-12-25-37/h1-33H. The molecule has 0 atom stereocenters. The smallest absolute Gasteiger partial charge is 0.164 e. The Morgan fingerprint density at radius 1 is 0.291 bits per heavy atom. The van der Waals surface area contributed by atoms with Crippen molar-refractivity contribution in [2.75, 3.05) is 0 Å². The zero-order valence-electron chi connectivity index (χ0n) is 29.8. The summed E-state index contributed by atoms with van der Waals surface area (Å²) in [6.45, 7) is 0. The molecule has 4 heteroatoms. The summed E-state index contributed by atoms with van der Waals surface area (Å²) in [5.41, 5.74) is 13.2. The van der Waals surface area contributed by atoms with Crippen molar-refractivity contribution in [3.05, 3.63) is 200 Å². The van der Waals surface area contributed by atoms with E-state index in [0.717, 1.165) is 83.1 Å². The van der Waals surface area contributed by atoms with Crippen LogP contribution in [0.15, 0.2) is 205 Å². The van der Waals surface area contributed by atoms with E-state index in [-0.39, 0.29) is 0 Å². The molecule has 0 unspecified atom stereocenters. The van der Waals surface area contributed by atoms with Gasteiger partial charge >= 0.3 is 0 Å². The van der Waals surface area contributed by atoms with Gasteiger partial charge in [-0.2, -0.15) is 0 Å². The number of fused-ring (bicyclic) bond motifs is 3. The summed E-state index contributed by atoms with van der Waals surface area (Å²) < 4.78 is 6.96. The van der Waals surface area contributed by atoms with Gasteiger partial charge in [0.05, 0.1) is 0 Å². The Balaban J connectivity index is 1.28. The van der Waals surface area contributed by atoms with Crippen LogP contribution in [0.1, 0.15) is 0 Å². The Hall–Kier alpha value is -7.43. The molecule has 0 bridgehead atoms. The predicted molar refractivity (Wildman–Crippen MR) is 225 cm³/mol. The van der Waals surface area contributed by atoms with E-state index in [1.165, 1.54) is 0 Å². The highest BCUT2D eigenvalue weighted by Gasteiger charge is 2.22. The van der Waals surface area contributed by atoms with Gasteiger partial charge in [-0.25, -0.2) is 15.0 Å². The largest absolute Gasteiger partial charge is 0.455 e. The molecule has 0 spiro atoms. The van der Waals surface area contributed by atoms with Crippen LogP contribution in [0.25, 0.3) is 101 Å². The molecule has 0 fully saturated rings. The summed E-state index contributed by atoms with van der Waals surface area (Å²) in [4.78, 5) is 15.2. The molecule has 0 saturated carbocycles. The first-order chi connectivity index (χ1) is 27.3. The van der Waals surface area contributed by atoms with Gasteiger partial charge in [-0.05, 0) is 57.1 Å². The summed E-state index contributed by atoms with van der Waals surface area (Å²) >= 11 is 0. The van der Waals surface area contributed by atoms with Crippen molar-refractivity contribution < 1.29 is 4.42 Å². The second-order valence-electron chi connectivity index (χ2n) is 13.5. The topological polar surface area (TPSA) is 51.8 Å². The van der Waals surface area contributed by atoms with E-state index in [4.69, 9.17) is 19.4 Å². The molecule has 0 radical (unpaired) electrons. The van der Waals surface area contributed by atoms with E-state index >= 15 is 0 Å². The van der Waals surface area contributed by atoms with Crippen LogP contribution in [-0.2, 0) is 0 Å². The second kappa shape index (κ2) is 13.8. The van der Waals surface area contributed by atoms with Gasteiger partial charge in [0, 0.05) is 33.0 Å². The van der Waals surface area contributed by atoms with Crippen LogP contribution in [0, 0.1) is 0 Å². The minimum Gasteiger partial charge on any atom is -0.455 e. The van der Waals surface area contributed by atoms with E-state index in [1.54, 1.807) is 0 Å². The van der Waals surface area contributed by atoms with Crippen molar-refractivity contribution in [2.45, 2.75) is 0 Å². The van der Waals surface area contributed by atoms with Gasteiger partial charge in [0.2, 0.25) is 0 Å². The van der Waals surface area contributed by atoms with E-state index in [1.807, 2.05) is 72.8 Å². The number of rotatable bonds is 7. The molecule has 2 heterocycles. The molecule has 0 N–H and O–H groups in total. The Morgan fingerprint density at radius 3 is 1.25 bits per heavy atom. The van der Waals surface area contributed by atoms with Crippen LogP contribution >= 0.6 is 0 Å². The molecule has 4 nitrogen and oxygen atoms in total. The zero-order valence-corrected chi connectivity index (χ0v) is 29.8. The summed E-state index contributed by atoms with van der Waals surface area (Å²) in [5.74, 6) is 1.82. The molecule has 0 aliphatic rings. The third-order valence-corrected chi connectivity index (χ3v) is 10.2. The molecule has 10 aromatic rings. The average molecular weight is 704 g/mol.